The Bertz CT molecular complexity index is 1580. The van der Waals surface area contributed by atoms with Gasteiger partial charge in [-0.2, -0.15) is 15.0 Å². The fraction of sp³-hybridized carbons (Fsp3) is 0.464. The zero-order valence-electron chi connectivity index (χ0n) is 26.7. The van der Waals surface area contributed by atoms with Gasteiger partial charge in [-0.05, 0) is 29.5 Å². The van der Waals surface area contributed by atoms with Crippen LogP contribution in [0.2, 0.25) is 0 Å². The molecule has 0 spiro atoms. The number of hydrogen-bond donors (Lipinski definition) is 2. The number of nitrogens with one attached hydrogen (secondary N) is 2. The molecule has 44 heavy (non-hydrogen) atoms. The fourth-order valence-corrected chi connectivity index (χ4v) is 5.47. The van der Waals surface area contributed by atoms with E-state index in [1.807, 2.05) is 19.1 Å². The molecule has 2 heterocycles. The Morgan fingerprint density at radius 2 is 1.64 bits per heavy atom. The highest BCUT2D eigenvalue weighted by atomic mass is 32.2. The Hall–Kier alpha value is -4.18. The number of methoxy groups -OCH3 is 2. The summed E-state index contributed by atoms with van der Waals surface area (Å²) in [4.78, 5) is 29.2. The molecule has 0 fully saturated rings. The number of anilines is 2. The molecule has 0 aliphatic heterocycles. The van der Waals surface area contributed by atoms with E-state index in [1.54, 1.807) is 43.4 Å². The number of benzene rings is 1. The number of carbonyl (C=O) groups excluding carboxylic acids is 1. The second-order valence-corrected chi connectivity index (χ2v) is 13.7. The molecule has 0 bridgehead atoms. The Morgan fingerprint density at radius 3 is 2.18 bits per heavy atom. The Kier molecular flexibility index (Phi) is 11.0. The zero-order chi connectivity index (χ0) is 32.8. The SMILES string of the molecule is COc1nc(NCCS(=O)(=O)N=C(N(C)C)N(C)C)nc(OC)c1NC(=O)c1csc(Oc2cc(C(C)(C)C)ccc2C)n1. The first-order valence-corrected chi connectivity index (χ1v) is 16.0. The number of rotatable bonds is 11. The van der Waals surface area contributed by atoms with Crippen LogP contribution >= 0.6 is 11.3 Å². The lowest BCUT2D eigenvalue weighted by Gasteiger charge is -2.22. The number of thiazole rings is 1. The molecule has 2 N–H and O–H groups in total. The van der Waals surface area contributed by atoms with E-state index in [0.717, 1.165) is 11.1 Å². The molecular formula is C28H40N8O6S2. The maximum absolute atomic E-state index is 13.1. The van der Waals surface area contributed by atoms with Gasteiger partial charge in [0.05, 0.1) is 20.0 Å². The van der Waals surface area contributed by atoms with Crippen molar-refractivity contribution in [1.29, 1.82) is 0 Å². The van der Waals surface area contributed by atoms with Crippen molar-refractivity contribution in [3.63, 3.8) is 0 Å². The molecule has 0 saturated carbocycles. The number of amides is 1. The van der Waals surface area contributed by atoms with E-state index in [0.29, 0.717) is 10.9 Å². The fourth-order valence-electron chi connectivity index (χ4n) is 3.78. The van der Waals surface area contributed by atoms with Gasteiger partial charge < -0.3 is 34.6 Å². The van der Waals surface area contributed by atoms with E-state index >= 15 is 0 Å². The van der Waals surface area contributed by atoms with Crippen LogP contribution in [-0.2, 0) is 15.4 Å². The Morgan fingerprint density at radius 1 is 1.02 bits per heavy atom. The van der Waals surface area contributed by atoms with Crippen LogP contribution in [0.15, 0.2) is 28.0 Å². The summed E-state index contributed by atoms with van der Waals surface area (Å²) in [7, 11) is 5.74. The van der Waals surface area contributed by atoms with Crippen molar-refractivity contribution in [2.24, 2.45) is 4.40 Å². The van der Waals surface area contributed by atoms with Gasteiger partial charge in [0, 0.05) is 40.1 Å². The highest BCUT2D eigenvalue weighted by Crippen LogP contribution is 2.35. The molecule has 0 atom stereocenters. The van der Waals surface area contributed by atoms with Gasteiger partial charge in [0.25, 0.3) is 21.1 Å². The van der Waals surface area contributed by atoms with Crippen LogP contribution in [0.1, 0.15) is 42.4 Å². The van der Waals surface area contributed by atoms with Crippen molar-refractivity contribution < 1.29 is 27.4 Å². The van der Waals surface area contributed by atoms with Gasteiger partial charge in [0.1, 0.15) is 11.4 Å². The first-order chi connectivity index (χ1) is 20.5. The van der Waals surface area contributed by atoms with Crippen molar-refractivity contribution in [3.8, 4) is 22.7 Å². The van der Waals surface area contributed by atoms with E-state index in [-0.39, 0.29) is 52.8 Å². The van der Waals surface area contributed by atoms with Gasteiger partial charge in [0.15, 0.2) is 5.69 Å². The number of carbonyl (C=O) groups is 1. The molecule has 0 saturated heterocycles. The number of guanidine groups is 1. The molecule has 1 aromatic carbocycles. The van der Waals surface area contributed by atoms with E-state index < -0.39 is 15.9 Å². The quantitative estimate of drug-likeness (QED) is 0.229. The number of hydrogen-bond acceptors (Lipinski definition) is 11. The summed E-state index contributed by atoms with van der Waals surface area (Å²) < 4.78 is 45.7. The average Bonchev–Trinajstić information content (AvgIpc) is 3.41. The molecule has 2 aromatic heterocycles. The van der Waals surface area contributed by atoms with Gasteiger partial charge in [-0.3, -0.25) is 4.79 Å². The number of nitrogens with zero attached hydrogens (tertiary/aromatic N) is 6. The smallest absolute Gasteiger partial charge is 0.279 e. The number of aromatic nitrogens is 3. The highest BCUT2D eigenvalue weighted by Gasteiger charge is 2.22. The summed E-state index contributed by atoms with van der Waals surface area (Å²) in [5.41, 5.74) is 2.19. The van der Waals surface area contributed by atoms with E-state index in [9.17, 15) is 13.2 Å². The Labute approximate surface area is 262 Å². The van der Waals surface area contributed by atoms with Crippen LogP contribution < -0.4 is 24.8 Å². The summed E-state index contributed by atoms with van der Waals surface area (Å²) in [5.74, 6) is 0.100. The van der Waals surface area contributed by atoms with Crippen molar-refractivity contribution >= 4 is 44.9 Å². The van der Waals surface area contributed by atoms with Gasteiger partial charge in [-0.15, -0.1) is 4.40 Å². The number of ether oxygens (including phenoxy) is 3. The molecule has 240 valence electrons. The van der Waals surface area contributed by atoms with Crippen LogP contribution in [-0.4, -0.2) is 99.7 Å². The summed E-state index contributed by atoms with van der Waals surface area (Å²) in [6, 6.07) is 6.04. The molecule has 0 unspecified atom stereocenters. The second kappa shape index (κ2) is 14.1. The lowest BCUT2D eigenvalue weighted by Crippen LogP contribution is -2.36. The predicted molar refractivity (Wildman–Crippen MR) is 172 cm³/mol. The minimum absolute atomic E-state index is 0.00240. The first-order valence-electron chi connectivity index (χ1n) is 13.5. The summed E-state index contributed by atoms with van der Waals surface area (Å²) >= 11 is 1.18. The van der Waals surface area contributed by atoms with Gasteiger partial charge in [-0.25, -0.2) is 8.42 Å². The molecular weight excluding hydrogens is 608 g/mol. The maximum Gasteiger partial charge on any atom is 0.279 e. The van der Waals surface area contributed by atoms with Crippen molar-refractivity contribution in [2.75, 3.05) is 65.3 Å². The summed E-state index contributed by atoms with van der Waals surface area (Å²) in [6.45, 7) is 8.26. The van der Waals surface area contributed by atoms with E-state index in [2.05, 4.69) is 56.8 Å². The lowest BCUT2D eigenvalue weighted by atomic mass is 9.86. The van der Waals surface area contributed by atoms with Gasteiger partial charge in [-0.1, -0.05) is 44.2 Å². The molecule has 0 aliphatic rings. The van der Waals surface area contributed by atoms with E-state index in [4.69, 9.17) is 14.2 Å². The molecule has 0 aliphatic carbocycles. The normalized spacial score (nSPS) is 11.4. The van der Waals surface area contributed by atoms with Crippen LogP contribution in [0.25, 0.3) is 0 Å². The van der Waals surface area contributed by atoms with Crippen LogP contribution in [0.5, 0.6) is 22.7 Å². The minimum Gasteiger partial charge on any atom is -0.479 e. The zero-order valence-corrected chi connectivity index (χ0v) is 28.3. The van der Waals surface area contributed by atoms with Crippen molar-refractivity contribution in [3.05, 3.63) is 40.4 Å². The largest absolute Gasteiger partial charge is 0.479 e. The van der Waals surface area contributed by atoms with Gasteiger partial charge in [0.2, 0.25) is 23.7 Å². The van der Waals surface area contributed by atoms with Crippen LogP contribution in [0.4, 0.5) is 11.6 Å². The number of sulfonamides is 1. The molecule has 14 nitrogen and oxygen atoms in total. The average molecular weight is 649 g/mol. The third-order valence-corrected chi connectivity index (χ3v) is 7.98. The number of aryl methyl sites for hydroxylation is 1. The predicted octanol–water partition coefficient (Wildman–Crippen LogP) is 3.82. The van der Waals surface area contributed by atoms with Crippen LogP contribution in [0, 0.1) is 6.92 Å². The first kappa shape index (κ1) is 34.3. The standard InChI is InChI=1S/C28H40N8O6S2/c1-17-11-12-18(28(2,3)4)15-20(17)42-27-30-19(16-43-27)22(37)31-21-23(40-9)32-25(33-24(21)41-10)29-13-14-44(38,39)34-26(35(5)6)36(7)8/h11-12,15-16H,13-14H2,1-10H3,(H,31,37)(H,29,32,33). The molecule has 3 aromatic rings. The van der Waals surface area contributed by atoms with Crippen LogP contribution in [0.3, 0.4) is 0 Å². The Balaban J connectivity index is 1.74. The highest BCUT2D eigenvalue weighted by molar-refractivity contribution is 7.90. The topological polar surface area (TPSA) is 160 Å². The molecule has 3 rings (SSSR count). The van der Waals surface area contributed by atoms with E-state index in [1.165, 1.54) is 25.6 Å². The lowest BCUT2D eigenvalue weighted by molar-refractivity contribution is 0.102. The molecule has 1 amide bonds. The monoisotopic (exact) mass is 648 g/mol. The van der Waals surface area contributed by atoms with Crippen molar-refractivity contribution in [2.45, 2.75) is 33.1 Å². The van der Waals surface area contributed by atoms with Crippen molar-refractivity contribution in [1.82, 2.24) is 24.8 Å². The maximum atomic E-state index is 13.1. The summed E-state index contributed by atoms with van der Waals surface area (Å²) in [6.07, 6.45) is 0. The van der Waals surface area contributed by atoms with Gasteiger partial charge >= 0.3 is 0 Å². The minimum atomic E-state index is -3.81. The summed E-state index contributed by atoms with van der Waals surface area (Å²) in [5, 5.41) is 7.41. The molecule has 0 radical (unpaired) electrons. The second-order valence-electron chi connectivity index (χ2n) is 11.1. The third kappa shape index (κ3) is 8.92. The molecule has 16 heteroatoms. The third-order valence-electron chi connectivity index (χ3n) is 6.10.